The van der Waals surface area contributed by atoms with Crippen molar-refractivity contribution in [3.8, 4) is 0 Å². The molecule has 4 heteroatoms. The first-order valence-electron chi connectivity index (χ1n) is 6.58. The Morgan fingerprint density at radius 1 is 1.16 bits per heavy atom. The van der Waals surface area contributed by atoms with Gasteiger partial charge in [-0.2, -0.15) is 0 Å². The zero-order chi connectivity index (χ0) is 13.5. The van der Waals surface area contributed by atoms with Crippen LogP contribution in [0, 0.1) is 0 Å². The fourth-order valence-electron chi connectivity index (χ4n) is 1.99. The van der Waals surface area contributed by atoms with E-state index in [9.17, 15) is 0 Å². The zero-order valence-electron chi connectivity index (χ0n) is 11.5. The standard InChI is InChI=1S/C15H20N4/c1-3-19(12-14-6-4-5-8-17-14)15-10-13(11-16-2)7-9-18-15/h4-10,16H,3,11-12H2,1-2H3. The number of aromatic nitrogens is 2. The van der Waals surface area contributed by atoms with Crippen molar-refractivity contribution in [3.05, 3.63) is 54.0 Å². The van der Waals surface area contributed by atoms with E-state index in [0.717, 1.165) is 31.1 Å². The molecule has 0 atom stereocenters. The second kappa shape index (κ2) is 6.85. The molecule has 4 nitrogen and oxygen atoms in total. The van der Waals surface area contributed by atoms with Gasteiger partial charge < -0.3 is 10.2 Å². The first kappa shape index (κ1) is 13.5. The Morgan fingerprint density at radius 3 is 2.74 bits per heavy atom. The minimum absolute atomic E-state index is 0.785. The molecule has 19 heavy (non-hydrogen) atoms. The van der Waals surface area contributed by atoms with E-state index in [2.05, 4.69) is 33.2 Å². The number of hydrogen-bond acceptors (Lipinski definition) is 4. The first-order valence-corrected chi connectivity index (χ1v) is 6.58. The fourth-order valence-corrected chi connectivity index (χ4v) is 1.99. The van der Waals surface area contributed by atoms with Gasteiger partial charge >= 0.3 is 0 Å². The summed E-state index contributed by atoms with van der Waals surface area (Å²) in [6.07, 6.45) is 3.69. The number of rotatable bonds is 6. The highest BCUT2D eigenvalue weighted by Gasteiger charge is 2.07. The summed E-state index contributed by atoms with van der Waals surface area (Å²) in [6.45, 7) is 4.69. The smallest absolute Gasteiger partial charge is 0.129 e. The van der Waals surface area contributed by atoms with Crippen LogP contribution in [-0.4, -0.2) is 23.6 Å². The summed E-state index contributed by atoms with van der Waals surface area (Å²) in [5, 5.41) is 3.16. The lowest BCUT2D eigenvalue weighted by atomic mass is 10.2. The first-order chi connectivity index (χ1) is 9.33. The Morgan fingerprint density at radius 2 is 2.05 bits per heavy atom. The van der Waals surface area contributed by atoms with Crippen molar-refractivity contribution in [1.82, 2.24) is 15.3 Å². The third kappa shape index (κ3) is 3.76. The number of nitrogens with zero attached hydrogens (tertiary/aromatic N) is 3. The van der Waals surface area contributed by atoms with Crippen LogP contribution in [0.15, 0.2) is 42.7 Å². The monoisotopic (exact) mass is 256 g/mol. The lowest BCUT2D eigenvalue weighted by Crippen LogP contribution is -2.23. The molecule has 2 rings (SSSR count). The van der Waals surface area contributed by atoms with Crippen molar-refractivity contribution in [3.63, 3.8) is 0 Å². The summed E-state index contributed by atoms with van der Waals surface area (Å²) in [4.78, 5) is 11.1. The maximum atomic E-state index is 4.46. The Labute approximate surface area is 114 Å². The minimum atomic E-state index is 0.785. The fraction of sp³-hybridized carbons (Fsp3) is 0.333. The van der Waals surface area contributed by atoms with E-state index in [0.29, 0.717) is 0 Å². The molecule has 0 aliphatic heterocycles. The van der Waals surface area contributed by atoms with Gasteiger partial charge in [-0.1, -0.05) is 6.07 Å². The van der Waals surface area contributed by atoms with Gasteiger partial charge in [0.05, 0.1) is 12.2 Å². The van der Waals surface area contributed by atoms with Crippen LogP contribution in [0.2, 0.25) is 0 Å². The Balaban J connectivity index is 2.15. The summed E-state index contributed by atoms with van der Waals surface area (Å²) in [7, 11) is 1.95. The number of hydrogen-bond donors (Lipinski definition) is 1. The molecule has 2 heterocycles. The molecule has 0 spiro atoms. The number of nitrogens with one attached hydrogen (secondary N) is 1. The lowest BCUT2D eigenvalue weighted by Gasteiger charge is -2.22. The molecular formula is C15H20N4. The third-order valence-electron chi connectivity index (χ3n) is 2.98. The zero-order valence-corrected chi connectivity index (χ0v) is 11.5. The van der Waals surface area contributed by atoms with Crippen LogP contribution < -0.4 is 10.2 Å². The summed E-state index contributed by atoms with van der Waals surface area (Å²) < 4.78 is 0. The lowest BCUT2D eigenvalue weighted by molar-refractivity contribution is 0.782. The van der Waals surface area contributed by atoms with Gasteiger partial charge in [0.25, 0.3) is 0 Å². The van der Waals surface area contributed by atoms with Gasteiger partial charge in [-0.05, 0) is 43.8 Å². The summed E-state index contributed by atoms with van der Waals surface area (Å²) in [5.74, 6) is 1.00. The normalized spacial score (nSPS) is 10.4. The quantitative estimate of drug-likeness (QED) is 0.860. The van der Waals surface area contributed by atoms with E-state index in [-0.39, 0.29) is 0 Å². The van der Waals surface area contributed by atoms with Crippen LogP contribution in [-0.2, 0) is 13.1 Å². The SMILES string of the molecule is CCN(Cc1ccccn1)c1cc(CNC)ccn1. The van der Waals surface area contributed by atoms with Gasteiger partial charge in [0, 0.05) is 25.5 Å². The van der Waals surface area contributed by atoms with Gasteiger partial charge in [0.1, 0.15) is 5.82 Å². The van der Waals surface area contributed by atoms with Gasteiger partial charge in [-0.15, -0.1) is 0 Å². The van der Waals surface area contributed by atoms with Crippen LogP contribution >= 0.6 is 0 Å². The maximum absolute atomic E-state index is 4.46. The van der Waals surface area contributed by atoms with Gasteiger partial charge in [-0.25, -0.2) is 4.98 Å². The minimum Gasteiger partial charge on any atom is -0.351 e. The van der Waals surface area contributed by atoms with Crippen LogP contribution in [0.1, 0.15) is 18.2 Å². The third-order valence-corrected chi connectivity index (χ3v) is 2.98. The van der Waals surface area contributed by atoms with Gasteiger partial charge in [0.2, 0.25) is 0 Å². The second-order valence-electron chi connectivity index (χ2n) is 4.39. The Bertz CT molecular complexity index is 499. The highest BCUT2D eigenvalue weighted by molar-refractivity contribution is 5.41. The van der Waals surface area contributed by atoms with Crippen LogP contribution in [0.25, 0.3) is 0 Å². The molecule has 0 unspecified atom stereocenters. The molecule has 0 aliphatic carbocycles. The predicted molar refractivity (Wildman–Crippen MR) is 78.0 cm³/mol. The van der Waals surface area contributed by atoms with Gasteiger partial charge in [-0.3, -0.25) is 4.98 Å². The molecular weight excluding hydrogens is 236 g/mol. The van der Waals surface area contributed by atoms with E-state index < -0.39 is 0 Å². The van der Waals surface area contributed by atoms with Crippen molar-refractivity contribution in [2.45, 2.75) is 20.0 Å². The van der Waals surface area contributed by atoms with Crippen LogP contribution in [0.4, 0.5) is 5.82 Å². The summed E-state index contributed by atoms with van der Waals surface area (Å²) in [6, 6.07) is 10.2. The largest absolute Gasteiger partial charge is 0.351 e. The molecule has 0 fully saturated rings. The Hall–Kier alpha value is -1.94. The van der Waals surface area contributed by atoms with Crippen molar-refractivity contribution >= 4 is 5.82 Å². The van der Waals surface area contributed by atoms with Crippen molar-refractivity contribution in [1.29, 1.82) is 0 Å². The summed E-state index contributed by atoms with van der Waals surface area (Å²) in [5.41, 5.74) is 2.30. The molecule has 0 saturated heterocycles. The molecule has 2 aromatic heterocycles. The molecule has 1 N–H and O–H groups in total. The molecule has 0 aromatic carbocycles. The highest BCUT2D eigenvalue weighted by atomic mass is 15.2. The second-order valence-corrected chi connectivity index (χ2v) is 4.39. The maximum Gasteiger partial charge on any atom is 0.129 e. The van der Waals surface area contributed by atoms with E-state index in [1.807, 2.05) is 43.7 Å². The van der Waals surface area contributed by atoms with E-state index in [4.69, 9.17) is 0 Å². The molecule has 0 amide bonds. The van der Waals surface area contributed by atoms with Crippen molar-refractivity contribution < 1.29 is 0 Å². The van der Waals surface area contributed by atoms with Crippen LogP contribution in [0.5, 0.6) is 0 Å². The number of pyridine rings is 2. The number of anilines is 1. The average Bonchev–Trinajstić information content (AvgIpc) is 2.46. The average molecular weight is 256 g/mol. The van der Waals surface area contributed by atoms with E-state index >= 15 is 0 Å². The topological polar surface area (TPSA) is 41.1 Å². The van der Waals surface area contributed by atoms with E-state index in [1.54, 1.807) is 0 Å². The molecule has 0 saturated carbocycles. The predicted octanol–water partition coefficient (Wildman–Crippen LogP) is 2.22. The molecule has 0 bridgehead atoms. The molecule has 2 aromatic rings. The molecule has 0 aliphatic rings. The van der Waals surface area contributed by atoms with Crippen molar-refractivity contribution in [2.24, 2.45) is 0 Å². The highest BCUT2D eigenvalue weighted by Crippen LogP contribution is 2.15. The Kier molecular flexibility index (Phi) is 4.86. The van der Waals surface area contributed by atoms with Crippen molar-refractivity contribution in [2.75, 3.05) is 18.5 Å². The van der Waals surface area contributed by atoms with Gasteiger partial charge in [0.15, 0.2) is 0 Å². The molecule has 100 valence electrons. The van der Waals surface area contributed by atoms with E-state index in [1.165, 1.54) is 5.56 Å². The molecule has 0 radical (unpaired) electrons. The summed E-state index contributed by atoms with van der Waals surface area (Å²) >= 11 is 0. The van der Waals surface area contributed by atoms with Crippen LogP contribution in [0.3, 0.4) is 0 Å².